The van der Waals surface area contributed by atoms with Crippen molar-refractivity contribution < 1.29 is 0 Å². The fourth-order valence-corrected chi connectivity index (χ4v) is 6.56. The Balaban J connectivity index is 1.42. The molecule has 0 radical (unpaired) electrons. The van der Waals surface area contributed by atoms with Gasteiger partial charge in [0.05, 0.1) is 11.7 Å². The predicted molar refractivity (Wildman–Crippen MR) is 148 cm³/mol. The molecule has 2 aromatic heterocycles. The Kier molecular flexibility index (Phi) is 7.56. The van der Waals surface area contributed by atoms with Crippen LogP contribution in [0.3, 0.4) is 0 Å². The Bertz CT molecular complexity index is 1120. The first kappa shape index (κ1) is 25.1. The molecule has 196 valence electrons. The number of aromatic nitrogens is 3. The van der Waals surface area contributed by atoms with Gasteiger partial charge in [-0.05, 0) is 63.9 Å². The van der Waals surface area contributed by atoms with Crippen LogP contribution in [0.1, 0.15) is 88.4 Å². The van der Waals surface area contributed by atoms with Gasteiger partial charge in [0.15, 0.2) is 5.65 Å². The number of piperidine rings is 1. The molecule has 1 aliphatic carbocycles. The molecule has 2 aromatic rings. The highest BCUT2D eigenvalue weighted by molar-refractivity contribution is 5.54. The van der Waals surface area contributed by atoms with E-state index in [0.29, 0.717) is 5.92 Å². The van der Waals surface area contributed by atoms with Crippen molar-refractivity contribution in [2.45, 2.75) is 90.1 Å². The molecule has 2 saturated heterocycles. The SMILES string of the molecule is C=C(C(C)/C1=C(\NC)CCCCCC1)N1CCCC[C@H]1c1cc2nc(N3CC[C@H](N)C3)c(C)cn2n1. The van der Waals surface area contributed by atoms with Gasteiger partial charge in [-0.15, -0.1) is 0 Å². The summed E-state index contributed by atoms with van der Waals surface area (Å²) in [5.41, 5.74) is 13.6. The number of nitrogens with two attached hydrogens (primary N) is 1. The number of allylic oxidation sites excluding steroid dienone is 2. The molecular weight excluding hydrogens is 446 g/mol. The van der Waals surface area contributed by atoms with Gasteiger partial charge >= 0.3 is 0 Å². The van der Waals surface area contributed by atoms with Crippen molar-refractivity contribution in [2.75, 3.05) is 31.6 Å². The van der Waals surface area contributed by atoms with E-state index in [1.54, 1.807) is 5.57 Å². The second-order valence-corrected chi connectivity index (χ2v) is 11.2. The standard InChI is InChI=1S/C29H45N7/c1-20-18-36-28(32-29(20)34-16-14-23(30)19-34)17-26(33-36)27-13-9-10-15-35(27)22(3)21(2)24-11-7-5-6-8-12-25(24)31-4/h17-18,21,23,27,31H,3,5-16,19,30H2,1-2,4H3/b25-24-/t21?,23-,27-/m0/s1. The van der Waals surface area contributed by atoms with Gasteiger partial charge in [-0.25, -0.2) is 9.50 Å². The van der Waals surface area contributed by atoms with Gasteiger partial charge in [0.1, 0.15) is 5.82 Å². The molecule has 0 amide bonds. The van der Waals surface area contributed by atoms with Crippen LogP contribution >= 0.6 is 0 Å². The molecule has 2 aliphatic heterocycles. The van der Waals surface area contributed by atoms with Gasteiger partial charge in [-0.2, -0.15) is 5.10 Å². The number of aryl methyl sites for hydroxylation is 1. The number of anilines is 1. The van der Waals surface area contributed by atoms with Crippen molar-refractivity contribution in [3.8, 4) is 0 Å². The van der Waals surface area contributed by atoms with Gasteiger partial charge in [0, 0.05) is 67.9 Å². The first-order valence-electron chi connectivity index (χ1n) is 14.2. The molecule has 4 heterocycles. The zero-order chi connectivity index (χ0) is 25.2. The van der Waals surface area contributed by atoms with Crippen LogP contribution in [0.15, 0.2) is 35.8 Å². The van der Waals surface area contributed by atoms with Gasteiger partial charge in [-0.3, -0.25) is 0 Å². The maximum atomic E-state index is 6.17. The molecule has 3 aliphatic rings. The second-order valence-electron chi connectivity index (χ2n) is 11.2. The van der Waals surface area contributed by atoms with Crippen LogP contribution in [0.25, 0.3) is 5.65 Å². The topological polar surface area (TPSA) is 74.7 Å². The Labute approximate surface area is 216 Å². The highest BCUT2D eigenvalue weighted by Crippen LogP contribution is 2.39. The van der Waals surface area contributed by atoms with E-state index in [0.717, 1.165) is 61.6 Å². The zero-order valence-electron chi connectivity index (χ0n) is 22.6. The maximum absolute atomic E-state index is 6.17. The number of rotatable bonds is 6. The fourth-order valence-electron chi connectivity index (χ4n) is 6.56. The van der Waals surface area contributed by atoms with Gasteiger partial charge in [-0.1, -0.05) is 26.3 Å². The lowest BCUT2D eigenvalue weighted by Gasteiger charge is -2.41. The summed E-state index contributed by atoms with van der Waals surface area (Å²) in [6.07, 6.45) is 14.3. The van der Waals surface area contributed by atoms with Crippen LogP contribution in [0.5, 0.6) is 0 Å². The highest BCUT2D eigenvalue weighted by atomic mass is 15.3. The number of fused-ring (bicyclic) bond motifs is 1. The highest BCUT2D eigenvalue weighted by Gasteiger charge is 2.31. The van der Waals surface area contributed by atoms with E-state index in [2.05, 4.69) is 54.9 Å². The van der Waals surface area contributed by atoms with Gasteiger partial charge < -0.3 is 20.9 Å². The summed E-state index contributed by atoms with van der Waals surface area (Å²) in [6.45, 7) is 12.1. The third kappa shape index (κ3) is 4.99. The Hall–Kier alpha value is -2.54. The maximum Gasteiger partial charge on any atom is 0.157 e. The van der Waals surface area contributed by atoms with Crippen molar-refractivity contribution in [1.29, 1.82) is 0 Å². The van der Waals surface area contributed by atoms with Crippen LogP contribution in [-0.4, -0.2) is 52.2 Å². The first-order valence-corrected chi connectivity index (χ1v) is 14.2. The van der Waals surface area contributed by atoms with Crippen LogP contribution < -0.4 is 16.0 Å². The van der Waals surface area contributed by atoms with Crippen LogP contribution in [0, 0.1) is 12.8 Å². The molecule has 2 fully saturated rings. The molecule has 0 saturated carbocycles. The van der Waals surface area contributed by atoms with Gasteiger partial charge in [0.25, 0.3) is 0 Å². The third-order valence-electron chi connectivity index (χ3n) is 8.70. The molecule has 3 atom stereocenters. The van der Waals surface area contributed by atoms with Crippen LogP contribution in [-0.2, 0) is 0 Å². The normalized spacial score (nSPS) is 26.7. The Morgan fingerprint density at radius 2 is 1.92 bits per heavy atom. The third-order valence-corrected chi connectivity index (χ3v) is 8.70. The molecule has 0 spiro atoms. The summed E-state index contributed by atoms with van der Waals surface area (Å²) >= 11 is 0. The summed E-state index contributed by atoms with van der Waals surface area (Å²) in [4.78, 5) is 9.92. The molecule has 0 aromatic carbocycles. The van der Waals surface area contributed by atoms with Crippen molar-refractivity contribution in [3.05, 3.63) is 47.1 Å². The molecule has 36 heavy (non-hydrogen) atoms. The molecule has 7 heteroatoms. The smallest absolute Gasteiger partial charge is 0.157 e. The van der Waals surface area contributed by atoms with Crippen LogP contribution in [0.2, 0.25) is 0 Å². The quantitative estimate of drug-likeness (QED) is 0.587. The van der Waals surface area contributed by atoms with E-state index in [9.17, 15) is 0 Å². The monoisotopic (exact) mass is 491 g/mol. The van der Waals surface area contributed by atoms with E-state index in [1.165, 1.54) is 56.3 Å². The number of hydrogen-bond acceptors (Lipinski definition) is 6. The van der Waals surface area contributed by atoms with E-state index < -0.39 is 0 Å². The molecule has 0 bridgehead atoms. The number of likely N-dealkylation sites (tertiary alicyclic amines) is 1. The predicted octanol–water partition coefficient (Wildman–Crippen LogP) is 5.08. The number of nitrogens with one attached hydrogen (secondary N) is 1. The minimum atomic E-state index is 0.239. The van der Waals surface area contributed by atoms with Crippen molar-refractivity contribution in [2.24, 2.45) is 11.7 Å². The number of nitrogens with zero attached hydrogens (tertiary/aromatic N) is 5. The van der Waals surface area contributed by atoms with Crippen molar-refractivity contribution in [3.63, 3.8) is 0 Å². The van der Waals surface area contributed by atoms with E-state index in [4.69, 9.17) is 15.8 Å². The average Bonchev–Trinajstić information content (AvgIpc) is 3.48. The number of hydrogen-bond donors (Lipinski definition) is 2. The van der Waals surface area contributed by atoms with Crippen molar-refractivity contribution >= 4 is 11.5 Å². The van der Waals surface area contributed by atoms with E-state index in [1.807, 2.05) is 4.52 Å². The van der Waals surface area contributed by atoms with E-state index >= 15 is 0 Å². The molecular formula is C29H45N7. The summed E-state index contributed by atoms with van der Waals surface area (Å²) < 4.78 is 1.97. The molecule has 1 unspecified atom stereocenters. The minimum absolute atomic E-state index is 0.239. The summed E-state index contributed by atoms with van der Waals surface area (Å²) in [5, 5.41) is 8.59. The molecule has 5 rings (SSSR count). The summed E-state index contributed by atoms with van der Waals surface area (Å²) in [7, 11) is 2.09. The van der Waals surface area contributed by atoms with E-state index in [-0.39, 0.29) is 12.1 Å². The summed E-state index contributed by atoms with van der Waals surface area (Å²) in [6, 6.07) is 2.70. The lowest BCUT2D eigenvalue weighted by molar-refractivity contribution is 0.178. The first-order chi connectivity index (χ1) is 17.5. The largest absolute Gasteiger partial charge is 0.391 e. The summed E-state index contributed by atoms with van der Waals surface area (Å²) in [5.74, 6) is 1.39. The van der Waals surface area contributed by atoms with Gasteiger partial charge in [0.2, 0.25) is 0 Å². The second kappa shape index (κ2) is 10.8. The minimum Gasteiger partial charge on any atom is -0.391 e. The zero-order valence-corrected chi connectivity index (χ0v) is 22.6. The fraction of sp³-hybridized carbons (Fsp3) is 0.655. The Morgan fingerprint density at radius 3 is 2.67 bits per heavy atom. The molecule has 3 N–H and O–H groups in total. The lowest BCUT2D eigenvalue weighted by Crippen LogP contribution is -2.35. The Morgan fingerprint density at radius 1 is 1.11 bits per heavy atom. The van der Waals surface area contributed by atoms with Crippen molar-refractivity contribution in [1.82, 2.24) is 24.8 Å². The lowest BCUT2D eigenvalue weighted by atomic mass is 9.86. The van der Waals surface area contributed by atoms with Crippen LogP contribution in [0.4, 0.5) is 5.82 Å². The molecule has 7 nitrogen and oxygen atoms in total. The average molecular weight is 492 g/mol.